The zero-order valence-corrected chi connectivity index (χ0v) is 24.0. The third kappa shape index (κ3) is 7.72. The first-order valence-corrected chi connectivity index (χ1v) is 13.3. The molecule has 2 aromatic carbocycles. The minimum Gasteiger partial charge on any atom is -0.373 e. The van der Waals surface area contributed by atoms with Crippen molar-refractivity contribution in [2.75, 3.05) is 29.5 Å². The Kier molecular flexibility index (Phi) is 9.26. The standard InChI is InChI=1S/C30H33F3N8O/c1-18(2)35-10-6-7-21-12-22(14-23(13-21)30(31,32)33)29(42)38-24-9-8-19(3)25(15-24)39-28-11-20(4)40-41(28)27-16-26(34-5)36-17-37-27/h6-9,11-18,35,39H,10H2,1-5H3,(H,38,42)(H,34,36,37). The van der Waals surface area contributed by atoms with Crippen molar-refractivity contribution in [3.8, 4) is 5.82 Å². The number of amides is 1. The average Bonchev–Trinajstić information content (AvgIpc) is 3.32. The number of aryl methyl sites for hydroxylation is 2. The normalized spacial score (nSPS) is 11.7. The summed E-state index contributed by atoms with van der Waals surface area (Å²) in [6.07, 6.45) is 0.121. The summed E-state index contributed by atoms with van der Waals surface area (Å²) in [6.45, 7) is 8.18. The smallest absolute Gasteiger partial charge is 0.373 e. The first-order valence-electron chi connectivity index (χ1n) is 13.3. The first-order chi connectivity index (χ1) is 19.9. The molecule has 0 aliphatic rings. The van der Waals surface area contributed by atoms with Crippen LogP contribution < -0.4 is 21.3 Å². The van der Waals surface area contributed by atoms with E-state index in [2.05, 4.69) is 36.3 Å². The minimum atomic E-state index is -4.60. The quantitative estimate of drug-likeness (QED) is 0.174. The van der Waals surface area contributed by atoms with Crippen molar-refractivity contribution < 1.29 is 18.0 Å². The van der Waals surface area contributed by atoms with Crippen molar-refractivity contribution >= 4 is 35.0 Å². The average molecular weight is 579 g/mol. The van der Waals surface area contributed by atoms with Gasteiger partial charge in [-0.3, -0.25) is 4.79 Å². The SMILES string of the molecule is CNc1cc(-n2nc(C)cc2Nc2cc(NC(=O)c3cc(C=CCNC(C)C)cc(C(F)(F)F)c3)ccc2C)ncn1. The Labute approximate surface area is 242 Å². The molecule has 0 unspecified atom stereocenters. The van der Waals surface area contributed by atoms with Gasteiger partial charge in [-0.25, -0.2) is 9.97 Å². The van der Waals surface area contributed by atoms with Gasteiger partial charge in [-0.05, 0) is 55.3 Å². The maximum Gasteiger partial charge on any atom is 0.416 e. The van der Waals surface area contributed by atoms with E-state index in [9.17, 15) is 18.0 Å². The van der Waals surface area contributed by atoms with Gasteiger partial charge >= 0.3 is 6.18 Å². The Hall–Kier alpha value is -4.71. The summed E-state index contributed by atoms with van der Waals surface area (Å²) in [5.41, 5.74) is 1.98. The van der Waals surface area contributed by atoms with E-state index in [1.165, 1.54) is 12.4 Å². The monoisotopic (exact) mass is 578 g/mol. The molecule has 9 nitrogen and oxygen atoms in total. The lowest BCUT2D eigenvalue weighted by atomic mass is 10.0. The van der Waals surface area contributed by atoms with Gasteiger partial charge in [-0.2, -0.15) is 23.0 Å². The zero-order chi connectivity index (χ0) is 30.4. The van der Waals surface area contributed by atoms with Gasteiger partial charge in [0.1, 0.15) is 18.0 Å². The molecular formula is C30H33F3N8O. The second-order valence-electron chi connectivity index (χ2n) is 10.0. The van der Waals surface area contributed by atoms with Crippen LogP contribution in [0.4, 0.5) is 36.2 Å². The van der Waals surface area contributed by atoms with Crippen LogP contribution in [0.15, 0.2) is 60.9 Å². The topological polar surface area (TPSA) is 109 Å². The maximum atomic E-state index is 13.6. The second kappa shape index (κ2) is 12.9. The van der Waals surface area contributed by atoms with Crippen LogP contribution in [0.1, 0.15) is 46.6 Å². The first kappa shape index (κ1) is 30.3. The molecule has 4 aromatic rings. The third-order valence-corrected chi connectivity index (χ3v) is 6.21. The van der Waals surface area contributed by atoms with E-state index in [-0.39, 0.29) is 17.2 Å². The number of nitrogens with one attached hydrogen (secondary N) is 4. The molecule has 42 heavy (non-hydrogen) atoms. The van der Waals surface area contributed by atoms with E-state index >= 15 is 0 Å². The molecule has 2 heterocycles. The molecule has 220 valence electrons. The number of halogens is 3. The number of alkyl halides is 3. The van der Waals surface area contributed by atoms with Crippen molar-refractivity contribution in [2.45, 2.75) is 39.9 Å². The number of nitrogens with zero attached hydrogens (tertiary/aromatic N) is 4. The van der Waals surface area contributed by atoms with Gasteiger partial charge in [0.15, 0.2) is 5.82 Å². The zero-order valence-electron chi connectivity index (χ0n) is 24.0. The number of carbonyl (C=O) groups excluding carboxylic acids is 1. The van der Waals surface area contributed by atoms with Crippen molar-refractivity contribution in [1.29, 1.82) is 0 Å². The van der Waals surface area contributed by atoms with Gasteiger partial charge in [-0.15, -0.1) is 0 Å². The molecule has 0 aliphatic heterocycles. The number of hydrogen-bond acceptors (Lipinski definition) is 7. The predicted molar refractivity (Wildman–Crippen MR) is 159 cm³/mol. The number of benzene rings is 2. The number of carbonyl (C=O) groups is 1. The van der Waals surface area contributed by atoms with E-state index in [1.807, 2.05) is 33.8 Å². The molecule has 0 saturated carbocycles. The molecule has 0 aliphatic carbocycles. The van der Waals surface area contributed by atoms with E-state index in [4.69, 9.17) is 0 Å². The predicted octanol–water partition coefficient (Wildman–Crippen LogP) is 6.35. The van der Waals surface area contributed by atoms with Crippen molar-refractivity contribution in [2.24, 2.45) is 0 Å². The minimum absolute atomic E-state index is 0.103. The van der Waals surface area contributed by atoms with Crippen LogP contribution in [-0.2, 0) is 6.18 Å². The Morgan fingerprint density at radius 2 is 1.83 bits per heavy atom. The molecule has 0 radical (unpaired) electrons. The summed E-state index contributed by atoms with van der Waals surface area (Å²) in [7, 11) is 1.76. The highest BCUT2D eigenvalue weighted by Crippen LogP contribution is 2.32. The van der Waals surface area contributed by atoms with Gasteiger partial charge in [0, 0.05) is 48.7 Å². The Bertz CT molecular complexity index is 1590. The van der Waals surface area contributed by atoms with E-state index in [0.717, 1.165) is 23.4 Å². The maximum absolute atomic E-state index is 13.6. The Morgan fingerprint density at radius 1 is 1.05 bits per heavy atom. The molecule has 0 spiro atoms. The summed E-state index contributed by atoms with van der Waals surface area (Å²) in [6, 6.07) is 12.4. The van der Waals surface area contributed by atoms with E-state index < -0.39 is 17.6 Å². The Morgan fingerprint density at radius 3 is 2.55 bits per heavy atom. The van der Waals surface area contributed by atoms with Crippen LogP contribution in [0.3, 0.4) is 0 Å². The molecule has 2 aromatic heterocycles. The van der Waals surface area contributed by atoms with Gasteiger partial charge in [0.25, 0.3) is 5.91 Å². The lowest BCUT2D eigenvalue weighted by molar-refractivity contribution is -0.137. The number of rotatable bonds is 10. The van der Waals surface area contributed by atoms with E-state index in [0.29, 0.717) is 35.4 Å². The van der Waals surface area contributed by atoms with E-state index in [1.54, 1.807) is 48.1 Å². The lowest BCUT2D eigenvalue weighted by Crippen LogP contribution is -2.22. The fourth-order valence-electron chi connectivity index (χ4n) is 4.08. The van der Waals surface area contributed by atoms with Crippen molar-refractivity contribution in [3.05, 3.63) is 88.9 Å². The van der Waals surface area contributed by atoms with Crippen LogP contribution in [0.2, 0.25) is 0 Å². The third-order valence-electron chi connectivity index (χ3n) is 6.21. The van der Waals surface area contributed by atoms with Crippen LogP contribution in [0.5, 0.6) is 0 Å². The van der Waals surface area contributed by atoms with Gasteiger partial charge < -0.3 is 21.3 Å². The fraction of sp³-hybridized carbons (Fsp3) is 0.267. The summed E-state index contributed by atoms with van der Waals surface area (Å²) < 4.78 is 42.6. The van der Waals surface area contributed by atoms with Crippen molar-refractivity contribution in [3.63, 3.8) is 0 Å². The summed E-state index contributed by atoms with van der Waals surface area (Å²) >= 11 is 0. The number of aromatic nitrogens is 4. The van der Waals surface area contributed by atoms with Gasteiger partial charge in [-0.1, -0.05) is 32.1 Å². The molecule has 12 heteroatoms. The molecule has 1 amide bonds. The number of anilines is 4. The summed E-state index contributed by atoms with van der Waals surface area (Å²) in [5.74, 6) is 1.13. The largest absolute Gasteiger partial charge is 0.416 e. The highest BCUT2D eigenvalue weighted by molar-refractivity contribution is 6.05. The molecule has 0 saturated heterocycles. The lowest BCUT2D eigenvalue weighted by Gasteiger charge is -2.14. The number of hydrogen-bond donors (Lipinski definition) is 4. The van der Waals surface area contributed by atoms with Crippen LogP contribution in [0.25, 0.3) is 11.9 Å². The van der Waals surface area contributed by atoms with Crippen LogP contribution >= 0.6 is 0 Å². The Balaban J connectivity index is 1.59. The van der Waals surface area contributed by atoms with Gasteiger partial charge in [0.2, 0.25) is 0 Å². The van der Waals surface area contributed by atoms with Crippen LogP contribution in [0, 0.1) is 13.8 Å². The van der Waals surface area contributed by atoms with Crippen molar-refractivity contribution in [1.82, 2.24) is 25.1 Å². The molecular weight excluding hydrogens is 545 g/mol. The summed E-state index contributed by atoms with van der Waals surface area (Å²) in [4.78, 5) is 21.6. The molecule has 0 atom stereocenters. The molecule has 0 bridgehead atoms. The van der Waals surface area contributed by atoms with Gasteiger partial charge in [0.05, 0.1) is 11.3 Å². The molecule has 4 rings (SSSR count). The molecule has 0 fully saturated rings. The highest BCUT2D eigenvalue weighted by atomic mass is 19.4. The summed E-state index contributed by atoms with van der Waals surface area (Å²) in [5, 5.41) is 16.7. The highest BCUT2D eigenvalue weighted by Gasteiger charge is 2.31. The second-order valence-corrected chi connectivity index (χ2v) is 10.0. The molecule has 4 N–H and O–H groups in total. The fourth-order valence-corrected chi connectivity index (χ4v) is 4.08. The van der Waals surface area contributed by atoms with Crippen LogP contribution in [-0.4, -0.2) is 45.3 Å².